The fraction of sp³-hybridized carbons (Fsp3) is 0.263. The van der Waals surface area contributed by atoms with E-state index in [1.54, 1.807) is 19.9 Å². The molecule has 0 saturated heterocycles. The van der Waals surface area contributed by atoms with E-state index < -0.39 is 5.60 Å². The van der Waals surface area contributed by atoms with Crippen molar-refractivity contribution in [3.05, 3.63) is 53.8 Å². The smallest absolute Gasteiger partial charge is 0.271 e. The van der Waals surface area contributed by atoms with Gasteiger partial charge in [-0.1, -0.05) is 6.07 Å². The number of fused-ring (bicyclic) bond motifs is 1. The first-order chi connectivity index (χ1) is 11.8. The highest BCUT2D eigenvalue weighted by Gasteiger charge is 2.41. The summed E-state index contributed by atoms with van der Waals surface area (Å²) in [6.45, 7) is 5.09. The summed E-state index contributed by atoms with van der Waals surface area (Å²) in [6.07, 6.45) is 0. The van der Waals surface area contributed by atoms with Crippen LogP contribution >= 0.6 is 0 Å². The molecule has 130 valence electrons. The Hall–Kier alpha value is -2.89. The van der Waals surface area contributed by atoms with Crippen molar-refractivity contribution in [2.75, 3.05) is 16.8 Å². The predicted molar refractivity (Wildman–Crippen MR) is 93.3 cm³/mol. The molecule has 0 aromatic heterocycles. The lowest BCUT2D eigenvalue weighted by Gasteiger charge is -2.38. The highest BCUT2D eigenvalue weighted by molar-refractivity contribution is 6.07. The van der Waals surface area contributed by atoms with E-state index in [1.165, 1.54) is 29.2 Å². The largest absolute Gasteiger partial charge is 0.476 e. The van der Waals surface area contributed by atoms with Crippen LogP contribution in [0.4, 0.5) is 15.8 Å². The van der Waals surface area contributed by atoms with E-state index in [0.29, 0.717) is 17.1 Å². The van der Waals surface area contributed by atoms with Crippen LogP contribution in [0.15, 0.2) is 42.5 Å². The van der Waals surface area contributed by atoms with Gasteiger partial charge in [-0.15, -0.1) is 0 Å². The second kappa shape index (κ2) is 6.20. The first-order valence-corrected chi connectivity index (χ1v) is 7.93. The average molecular weight is 342 g/mol. The maximum absolute atomic E-state index is 13.0. The van der Waals surface area contributed by atoms with E-state index in [0.717, 1.165) is 5.56 Å². The Bertz CT molecular complexity index is 831. The van der Waals surface area contributed by atoms with Crippen LogP contribution in [-0.2, 0) is 9.59 Å². The topological polar surface area (TPSA) is 58.6 Å². The maximum atomic E-state index is 13.0. The molecule has 0 spiro atoms. The van der Waals surface area contributed by atoms with Crippen molar-refractivity contribution in [1.29, 1.82) is 0 Å². The molecule has 0 atom stereocenters. The van der Waals surface area contributed by atoms with Gasteiger partial charge in [0, 0.05) is 5.69 Å². The van der Waals surface area contributed by atoms with Gasteiger partial charge < -0.3 is 10.1 Å². The molecule has 1 N–H and O–H groups in total. The molecule has 2 amide bonds. The monoisotopic (exact) mass is 342 g/mol. The van der Waals surface area contributed by atoms with Crippen molar-refractivity contribution in [2.45, 2.75) is 26.4 Å². The molecule has 5 nitrogen and oxygen atoms in total. The number of hydrogen-bond acceptors (Lipinski definition) is 3. The summed E-state index contributed by atoms with van der Waals surface area (Å²) in [5.74, 6) is -0.484. The Morgan fingerprint density at radius 1 is 1.20 bits per heavy atom. The van der Waals surface area contributed by atoms with Gasteiger partial charge in [0.15, 0.2) is 5.60 Å². The summed E-state index contributed by atoms with van der Waals surface area (Å²) in [4.78, 5) is 26.5. The first-order valence-electron chi connectivity index (χ1n) is 7.93. The van der Waals surface area contributed by atoms with Gasteiger partial charge in [-0.3, -0.25) is 14.5 Å². The van der Waals surface area contributed by atoms with Crippen molar-refractivity contribution >= 4 is 23.2 Å². The Morgan fingerprint density at radius 3 is 2.56 bits per heavy atom. The molecule has 0 saturated carbocycles. The Labute approximate surface area is 145 Å². The predicted octanol–water partition coefficient (Wildman–Crippen LogP) is 3.28. The molecule has 0 aliphatic carbocycles. The number of halogens is 1. The van der Waals surface area contributed by atoms with Gasteiger partial charge in [-0.05, 0) is 62.7 Å². The number of anilines is 2. The van der Waals surface area contributed by atoms with Crippen LogP contribution in [0.25, 0.3) is 0 Å². The van der Waals surface area contributed by atoms with Gasteiger partial charge in [0.1, 0.15) is 18.1 Å². The SMILES string of the molecule is Cc1ccc2c(c1)N(CC(=O)Nc1ccc(F)cc1)C(=O)C(C)(C)O2. The van der Waals surface area contributed by atoms with E-state index in [4.69, 9.17) is 4.74 Å². The Kier molecular flexibility index (Phi) is 4.20. The summed E-state index contributed by atoms with van der Waals surface area (Å²) in [6, 6.07) is 11.0. The molecule has 1 aliphatic heterocycles. The molecular formula is C19H19FN2O3. The number of amides is 2. The molecule has 0 radical (unpaired) electrons. The van der Waals surface area contributed by atoms with Gasteiger partial charge >= 0.3 is 0 Å². The van der Waals surface area contributed by atoms with E-state index >= 15 is 0 Å². The van der Waals surface area contributed by atoms with Gasteiger partial charge in [0.2, 0.25) is 5.91 Å². The molecule has 0 fully saturated rings. The normalized spacial score (nSPS) is 15.4. The number of aryl methyl sites for hydroxylation is 1. The summed E-state index contributed by atoms with van der Waals surface area (Å²) >= 11 is 0. The number of ether oxygens (including phenoxy) is 1. The molecular weight excluding hydrogens is 323 g/mol. The zero-order valence-electron chi connectivity index (χ0n) is 14.3. The molecule has 0 unspecified atom stereocenters. The van der Waals surface area contributed by atoms with Crippen molar-refractivity contribution in [3.8, 4) is 5.75 Å². The van der Waals surface area contributed by atoms with Gasteiger partial charge in [-0.25, -0.2) is 4.39 Å². The zero-order chi connectivity index (χ0) is 18.2. The number of rotatable bonds is 3. The maximum Gasteiger partial charge on any atom is 0.271 e. The zero-order valence-corrected chi connectivity index (χ0v) is 14.3. The third-order valence-electron chi connectivity index (χ3n) is 3.96. The second-order valence-corrected chi connectivity index (χ2v) is 6.53. The van der Waals surface area contributed by atoms with Crippen LogP contribution in [0, 0.1) is 12.7 Å². The van der Waals surface area contributed by atoms with E-state index in [-0.39, 0.29) is 24.2 Å². The van der Waals surface area contributed by atoms with E-state index in [1.807, 2.05) is 19.1 Å². The quantitative estimate of drug-likeness (QED) is 0.931. The van der Waals surface area contributed by atoms with E-state index in [2.05, 4.69) is 5.32 Å². The molecule has 0 bridgehead atoms. The third-order valence-corrected chi connectivity index (χ3v) is 3.96. The summed E-state index contributed by atoms with van der Waals surface area (Å²) in [5, 5.41) is 2.67. The molecule has 1 aliphatic rings. The molecule has 25 heavy (non-hydrogen) atoms. The summed E-state index contributed by atoms with van der Waals surface area (Å²) in [7, 11) is 0. The molecule has 3 rings (SSSR count). The number of carbonyl (C=O) groups is 2. The van der Waals surface area contributed by atoms with Crippen LogP contribution < -0.4 is 15.0 Å². The fourth-order valence-corrected chi connectivity index (χ4v) is 2.71. The van der Waals surface area contributed by atoms with E-state index in [9.17, 15) is 14.0 Å². The first kappa shape index (κ1) is 17.0. The van der Waals surface area contributed by atoms with Crippen LogP contribution in [0.5, 0.6) is 5.75 Å². The highest BCUT2D eigenvalue weighted by atomic mass is 19.1. The van der Waals surface area contributed by atoms with Gasteiger partial charge in [-0.2, -0.15) is 0 Å². The third kappa shape index (κ3) is 3.47. The Morgan fingerprint density at radius 2 is 1.88 bits per heavy atom. The highest BCUT2D eigenvalue weighted by Crippen LogP contribution is 2.38. The molecule has 2 aromatic carbocycles. The lowest BCUT2D eigenvalue weighted by molar-refractivity contribution is -0.133. The number of benzene rings is 2. The van der Waals surface area contributed by atoms with Crippen molar-refractivity contribution < 1.29 is 18.7 Å². The van der Waals surface area contributed by atoms with Crippen molar-refractivity contribution in [1.82, 2.24) is 0 Å². The number of hydrogen-bond donors (Lipinski definition) is 1. The standard InChI is InChI=1S/C19H19FN2O3/c1-12-4-9-16-15(10-12)22(18(24)19(2,3)25-16)11-17(23)21-14-7-5-13(20)6-8-14/h4-10H,11H2,1-3H3,(H,21,23). The second-order valence-electron chi connectivity index (χ2n) is 6.53. The van der Waals surface area contributed by atoms with Crippen LogP contribution in [0.2, 0.25) is 0 Å². The molecule has 1 heterocycles. The molecule has 2 aromatic rings. The summed E-state index contributed by atoms with van der Waals surface area (Å²) in [5.41, 5.74) is 0.937. The molecule has 6 heteroatoms. The fourth-order valence-electron chi connectivity index (χ4n) is 2.71. The van der Waals surface area contributed by atoms with Crippen LogP contribution in [0.3, 0.4) is 0 Å². The van der Waals surface area contributed by atoms with Crippen LogP contribution in [-0.4, -0.2) is 24.0 Å². The van der Waals surface area contributed by atoms with Crippen molar-refractivity contribution in [2.24, 2.45) is 0 Å². The minimum Gasteiger partial charge on any atom is -0.476 e. The van der Waals surface area contributed by atoms with Gasteiger partial charge in [0.25, 0.3) is 5.91 Å². The lowest BCUT2D eigenvalue weighted by atomic mass is 10.0. The number of carbonyl (C=O) groups excluding carboxylic acids is 2. The van der Waals surface area contributed by atoms with Crippen LogP contribution in [0.1, 0.15) is 19.4 Å². The minimum absolute atomic E-state index is 0.153. The minimum atomic E-state index is -1.06. The Balaban J connectivity index is 1.85. The number of nitrogens with zero attached hydrogens (tertiary/aromatic N) is 1. The number of nitrogens with one attached hydrogen (secondary N) is 1. The lowest BCUT2D eigenvalue weighted by Crippen LogP contribution is -2.54. The van der Waals surface area contributed by atoms with Gasteiger partial charge in [0.05, 0.1) is 5.69 Å². The van der Waals surface area contributed by atoms with Crippen molar-refractivity contribution in [3.63, 3.8) is 0 Å². The average Bonchev–Trinajstić information content (AvgIpc) is 2.55. The summed E-state index contributed by atoms with van der Waals surface area (Å²) < 4.78 is 18.7.